The molecule has 80 valence electrons. The van der Waals surface area contributed by atoms with Crippen LogP contribution >= 0.6 is 0 Å². The van der Waals surface area contributed by atoms with Crippen LogP contribution in [0.1, 0.15) is 12.8 Å². The van der Waals surface area contributed by atoms with Crippen molar-refractivity contribution in [2.45, 2.75) is 18.3 Å². The Kier molecular flexibility index (Phi) is 2.84. The van der Waals surface area contributed by atoms with Crippen LogP contribution in [0.3, 0.4) is 0 Å². The molecule has 0 saturated carbocycles. The Labute approximate surface area is 78.2 Å². The number of allylic oxidation sites excluding steroid dienone is 1. The van der Waals surface area contributed by atoms with Gasteiger partial charge in [0, 0.05) is 12.6 Å². The van der Waals surface area contributed by atoms with Crippen molar-refractivity contribution in [3.8, 4) is 0 Å². The summed E-state index contributed by atoms with van der Waals surface area (Å²) in [6.07, 6.45) is 3.25. The zero-order valence-corrected chi connectivity index (χ0v) is 7.60. The predicted molar refractivity (Wildman–Crippen MR) is 41.9 cm³/mol. The topological polar surface area (TPSA) is 55.7 Å². The van der Waals surface area contributed by atoms with Crippen LogP contribution in [0, 0.1) is 0 Å². The summed E-state index contributed by atoms with van der Waals surface area (Å²) in [7, 11) is -5.56. The molecule has 1 aliphatic rings. The molecule has 0 aromatic heterocycles. The van der Waals surface area contributed by atoms with E-state index in [4.69, 9.17) is 0 Å². The third-order valence-electron chi connectivity index (χ3n) is 1.34. The third-order valence-corrected chi connectivity index (χ3v) is 2.32. The molecule has 0 N–H and O–H groups in total. The molecule has 0 aromatic rings. The van der Waals surface area contributed by atoms with Crippen molar-refractivity contribution in [2.75, 3.05) is 0 Å². The van der Waals surface area contributed by atoms with E-state index in [1.165, 1.54) is 6.20 Å². The van der Waals surface area contributed by atoms with Crippen LogP contribution in [0.5, 0.6) is 0 Å². The number of rotatable bonds is 1. The van der Waals surface area contributed by atoms with Gasteiger partial charge in [-0.3, -0.25) is 0 Å². The molecule has 0 fully saturated rings. The second kappa shape index (κ2) is 3.60. The van der Waals surface area contributed by atoms with Gasteiger partial charge >= 0.3 is 15.6 Å². The summed E-state index contributed by atoms with van der Waals surface area (Å²) < 4.78 is 60.1. The van der Waals surface area contributed by atoms with Gasteiger partial charge in [-0.25, -0.2) is 4.99 Å². The zero-order chi connectivity index (χ0) is 10.8. The van der Waals surface area contributed by atoms with Gasteiger partial charge < -0.3 is 4.18 Å². The molecule has 0 saturated heterocycles. The molecule has 0 aromatic carbocycles. The minimum Gasteiger partial charge on any atom is -0.360 e. The molecule has 0 aliphatic carbocycles. The van der Waals surface area contributed by atoms with Gasteiger partial charge in [-0.15, -0.1) is 0 Å². The maximum Gasteiger partial charge on any atom is 0.534 e. The van der Waals surface area contributed by atoms with Crippen LogP contribution in [-0.2, 0) is 14.3 Å². The molecular weight excluding hydrogens is 223 g/mol. The van der Waals surface area contributed by atoms with E-state index in [0.29, 0.717) is 6.42 Å². The molecule has 8 heteroatoms. The second-order valence-electron chi connectivity index (χ2n) is 2.43. The highest BCUT2D eigenvalue weighted by molar-refractivity contribution is 7.88. The molecule has 0 unspecified atom stereocenters. The van der Waals surface area contributed by atoms with Gasteiger partial charge in [0.05, 0.1) is 0 Å². The number of alkyl halides is 3. The Morgan fingerprint density at radius 3 is 2.50 bits per heavy atom. The molecule has 0 bridgehead atoms. The van der Waals surface area contributed by atoms with E-state index in [2.05, 4.69) is 9.18 Å². The Balaban J connectivity index is 2.79. The average molecular weight is 229 g/mol. The molecule has 0 atom stereocenters. The SMILES string of the molecule is O=S(=O)(OC1=NC=CCC1)C(F)(F)F. The van der Waals surface area contributed by atoms with E-state index in [1.54, 1.807) is 6.08 Å². The molecule has 4 nitrogen and oxygen atoms in total. The highest BCUT2D eigenvalue weighted by Gasteiger charge is 2.49. The maximum atomic E-state index is 11.8. The lowest BCUT2D eigenvalue weighted by Gasteiger charge is -2.11. The van der Waals surface area contributed by atoms with E-state index >= 15 is 0 Å². The van der Waals surface area contributed by atoms with Gasteiger partial charge in [-0.1, -0.05) is 6.08 Å². The van der Waals surface area contributed by atoms with Crippen LogP contribution in [0.2, 0.25) is 0 Å². The summed E-state index contributed by atoms with van der Waals surface area (Å²) in [5.74, 6) is -0.440. The minimum absolute atomic E-state index is 0.0474. The predicted octanol–water partition coefficient (Wildman–Crippen LogP) is 1.56. The van der Waals surface area contributed by atoms with Gasteiger partial charge in [0.1, 0.15) is 0 Å². The second-order valence-corrected chi connectivity index (χ2v) is 3.97. The quantitative estimate of drug-likeness (QED) is 0.506. The molecule has 1 heterocycles. The van der Waals surface area contributed by atoms with Crippen molar-refractivity contribution < 1.29 is 25.8 Å². The summed E-state index contributed by atoms with van der Waals surface area (Å²) in [6.45, 7) is 0. The largest absolute Gasteiger partial charge is 0.534 e. The molecule has 1 rings (SSSR count). The Morgan fingerprint density at radius 2 is 2.07 bits per heavy atom. The molecule has 0 spiro atoms. The Bertz CT molecular complexity index is 368. The lowest BCUT2D eigenvalue weighted by atomic mass is 10.3. The first-order chi connectivity index (χ1) is 6.33. The summed E-state index contributed by atoms with van der Waals surface area (Å²) in [5.41, 5.74) is -5.41. The van der Waals surface area contributed by atoms with E-state index in [1.807, 2.05) is 0 Å². The number of hydrogen-bond donors (Lipinski definition) is 0. The van der Waals surface area contributed by atoms with Gasteiger partial charge in [-0.2, -0.15) is 21.6 Å². The van der Waals surface area contributed by atoms with Crippen molar-refractivity contribution in [1.82, 2.24) is 0 Å². The van der Waals surface area contributed by atoms with Crippen molar-refractivity contribution in [1.29, 1.82) is 0 Å². The number of hydrogen-bond acceptors (Lipinski definition) is 4. The monoisotopic (exact) mass is 229 g/mol. The van der Waals surface area contributed by atoms with Crippen LogP contribution in [0.15, 0.2) is 17.3 Å². The van der Waals surface area contributed by atoms with Crippen molar-refractivity contribution in [3.63, 3.8) is 0 Å². The van der Waals surface area contributed by atoms with Crippen LogP contribution in [0.4, 0.5) is 13.2 Å². The smallest absolute Gasteiger partial charge is 0.360 e. The first kappa shape index (κ1) is 11.0. The van der Waals surface area contributed by atoms with E-state index in [-0.39, 0.29) is 6.42 Å². The van der Waals surface area contributed by atoms with Crippen LogP contribution in [0.25, 0.3) is 0 Å². The number of nitrogens with zero attached hydrogens (tertiary/aromatic N) is 1. The first-order valence-corrected chi connectivity index (χ1v) is 4.96. The lowest BCUT2D eigenvalue weighted by Crippen LogP contribution is -2.28. The first-order valence-electron chi connectivity index (χ1n) is 3.55. The van der Waals surface area contributed by atoms with E-state index < -0.39 is 21.5 Å². The van der Waals surface area contributed by atoms with E-state index in [9.17, 15) is 21.6 Å². The molecule has 1 aliphatic heterocycles. The summed E-state index contributed by atoms with van der Waals surface area (Å²) in [5, 5.41) is 0. The van der Waals surface area contributed by atoms with E-state index in [0.717, 1.165) is 0 Å². The molecule has 0 radical (unpaired) electrons. The number of aliphatic imine (C=N–C) groups is 1. The molecule has 0 amide bonds. The lowest BCUT2D eigenvalue weighted by molar-refractivity contribution is -0.0505. The summed E-state index contributed by atoms with van der Waals surface area (Å²) in [6, 6.07) is 0. The Hall–Kier alpha value is -1.05. The standard InChI is InChI=1S/C6H6F3NO3S/c7-6(8,9)14(11,12)13-5-3-1-2-4-10-5/h2,4H,1,3H2. The summed E-state index contributed by atoms with van der Waals surface area (Å²) >= 11 is 0. The van der Waals surface area contributed by atoms with Crippen molar-refractivity contribution in [2.24, 2.45) is 4.99 Å². The van der Waals surface area contributed by atoms with Crippen molar-refractivity contribution >= 4 is 16.0 Å². The Morgan fingerprint density at radius 1 is 1.43 bits per heavy atom. The van der Waals surface area contributed by atoms with Crippen LogP contribution < -0.4 is 0 Å². The highest BCUT2D eigenvalue weighted by Crippen LogP contribution is 2.25. The number of halogens is 3. The van der Waals surface area contributed by atoms with Gasteiger partial charge in [0.2, 0.25) is 5.90 Å². The average Bonchev–Trinajstić information content (AvgIpc) is 2.03. The van der Waals surface area contributed by atoms with Gasteiger partial charge in [0.15, 0.2) is 0 Å². The maximum absolute atomic E-state index is 11.8. The highest BCUT2D eigenvalue weighted by atomic mass is 32.2. The van der Waals surface area contributed by atoms with Gasteiger partial charge in [-0.05, 0) is 6.42 Å². The minimum atomic E-state index is -5.56. The van der Waals surface area contributed by atoms with Crippen LogP contribution in [-0.4, -0.2) is 19.8 Å². The fraction of sp³-hybridized carbons (Fsp3) is 0.500. The fourth-order valence-electron chi connectivity index (χ4n) is 0.719. The zero-order valence-electron chi connectivity index (χ0n) is 6.78. The summed E-state index contributed by atoms with van der Waals surface area (Å²) in [4.78, 5) is 3.36. The van der Waals surface area contributed by atoms with Crippen molar-refractivity contribution in [3.05, 3.63) is 12.3 Å². The third kappa shape index (κ3) is 2.47. The molecule has 14 heavy (non-hydrogen) atoms. The fourth-order valence-corrected chi connectivity index (χ4v) is 1.19. The van der Waals surface area contributed by atoms with Gasteiger partial charge in [0.25, 0.3) is 0 Å². The molecular formula is C6H6F3NO3S. The normalized spacial score (nSPS) is 17.8.